The summed E-state index contributed by atoms with van der Waals surface area (Å²) in [6.07, 6.45) is 0.160. The van der Waals surface area contributed by atoms with Gasteiger partial charge in [0.15, 0.2) is 0 Å². The van der Waals surface area contributed by atoms with Crippen LogP contribution in [0.4, 0.5) is 0 Å². The lowest BCUT2D eigenvalue weighted by molar-refractivity contribution is 0.0697. The van der Waals surface area contributed by atoms with Crippen LogP contribution in [0, 0.1) is 23.2 Å². The fraction of sp³-hybridized carbons (Fsp3) is 0.0909. The first-order chi connectivity index (χ1) is 7.15. The largest absolute Gasteiger partial charge is 0.478 e. The van der Waals surface area contributed by atoms with Crippen molar-refractivity contribution in [3.8, 4) is 17.9 Å². The van der Waals surface area contributed by atoms with Gasteiger partial charge in [-0.25, -0.2) is 4.79 Å². The summed E-state index contributed by atoms with van der Waals surface area (Å²) in [5.41, 5.74) is 0.878. The van der Waals surface area contributed by atoms with Crippen molar-refractivity contribution in [2.45, 2.75) is 6.42 Å². The van der Waals surface area contributed by atoms with E-state index in [1.54, 1.807) is 6.07 Å². The van der Waals surface area contributed by atoms with Gasteiger partial charge in [-0.1, -0.05) is 11.8 Å². The first-order valence-corrected chi connectivity index (χ1v) is 4.83. The van der Waals surface area contributed by atoms with Crippen LogP contribution in [0.15, 0.2) is 22.7 Å². The second-order valence-electron chi connectivity index (χ2n) is 2.64. The molecule has 0 saturated carbocycles. The summed E-state index contributed by atoms with van der Waals surface area (Å²) in [7, 11) is 0. The summed E-state index contributed by atoms with van der Waals surface area (Å²) in [4.78, 5) is 10.6. The van der Waals surface area contributed by atoms with E-state index < -0.39 is 5.97 Å². The minimum atomic E-state index is -0.979. The van der Waals surface area contributed by atoms with E-state index >= 15 is 0 Å². The highest BCUT2D eigenvalue weighted by atomic mass is 79.9. The van der Waals surface area contributed by atoms with Gasteiger partial charge in [-0.05, 0) is 34.1 Å². The summed E-state index contributed by atoms with van der Waals surface area (Å²) in [6, 6.07) is 6.47. The van der Waals surface area contributed by atoms with E-state index in [4.69, 9.17) is 10.4 Å². The SMILES string of the molecule is N#CCC#Cc1ccc(C(=O)O)cc1Br. The third-order valence-electron chi connectivity index (χ3n) is 1.61. The fourth-order valence-electron chi connectivity index (χ4n) is 0.928. The number of rotatable bonds is 1. The Bertz CT molecular complexity index is 492. The van der Waals surface area contributed by atoms with Crippen molar-refractivity contribution >= 4 is 21.9 Å². The van der Waals surface area contributed by atoms with Crippen LogP contribution >= 0.6 is 15.9 Å². The highest BCUT2D eigenvalue weighted by Crippen LogP contribution is 2.17. The van der Waals surface area contributed by atoms with Crippen molar-refractivity contribution < 1.29 is 9.90 Å². The van der Waals surface area contributed by atoms with Crippen LogP contribution < -0.4 is 0 Å². The lowest BCUT2D eigenvalue weighted by Gasteiger charge is -1.98. The lowest BCUT2D eigenvalue weighted by Crippen LogP contribution is -1.96. The number of nitriles is 1. The van der Waals surface area contributed by atoms with Crippen LogP contribution in [0.1, 0.15) is 22.3 Å². The van der Waals surface area contributed by atoms with E-state index in [2.05, 4.69) is 27.8 Å². The molecule has 1 N–H and O–H groups in total. The summed E-state index contributed by atoms with van der Waals surface area (Å²) in [6.45, 7) is 0. The molecular weight excluding hydrogens is 258 g/mol. The number of aromatic carboxylic acids is 1. The van der Waals surface area contributed by atoms with Crippen molar-refractivity contribution in [2.24, 2.45) is 0 Å². The summed E-state index contributed by atoms with van der Waals surface area (Å²) in [5.74, 6) is 4.44. The molecule has 4 heteroatoms. The Balaban J connectivity index is 3.01. The van der Waals surface area contributed by atoms with Crippen LogP contribution in [0.25, 0.3) is 0 Å². The molecule has 0 bridgehead atoms. The van der Waals surface area contributed by atoms with E-state index in [-0.39, 0.29) is 12.0 Å². The third-order valence-corrected chi connectivity index (χ3v) is 2.26. The van der Waals surface area contributed by atoms with Crippen LogP contribution in [0.3, 0.4) is 0 Å². The van der Waals surface area contributed by atoms with Gasteiger partial charge in [-0.15, -0.1) is 0 Å². The average Bonchev–Trinajstić information content (AvgIpc) is 2.20. The molecule has 74 valence electrons. The smallest absolute Gasteiger partial charge is 0.335 e. The number of carboxylic acid groups (broad SMARTS) is 1. The number of nitrogens with zero attached hydrogens (tertiary/aromatic N) is 1. The molecule has 15 heavy (non-hydrogen) atoms. The molecule has 1 aromatic rings. The van der Waals surface area contributed by atoms with Gasteiger partial charge in [0.1, 0.15) is 0 Å². The van der Waals surface area contributed by atoms with Gasteiger partial charge < -0.3 is 5.11 Å². The third kappa shape index (κ3) is 3.12. The van der Waals surface area contributed by atoms with E-state index in [9.17, 15) is 4.79 Å². The van der Waals surface area contributed by atoms with Gasteiger partial charge in [-0.2, -0.15) is 5.26 Å². The molecule has 0 amide bonds. The topological polar surface area (TPSA) is 61.1 Å². The molecule has 0 aliphatic heterocycles. The molecule has 1 aromatic carbocycles. The number of hydrogen-bond donors (Lipinski definition) is 1. The minimum absolute atomic E-state index is 0.160. The Morgan fingerprint density at radius 2 is 2.27 bits per heavy atom. The molecule has 0 saturated heterocycles. The van der Waals surface area contributed by atoms with Crippen molar-refractivity contribution in [1.29, 1.82) is 5.26 Å². The molecule has 0 unspecified atom stereocenters. The summed E-state index contributed by atoms with van der Waals surface area (Å²) < 4.78 is 0.618. The Hall–Kier alpha value is -1.78. The van der Waals surface area contributed by atoms with Gasteiger partial charge in [0.2, 0.25) is 0 Å². The highest BCUT2D eigenvalue weighted by Gasteiger charge is 2.04. The fourth-order valence-corrected chi connectivity index (χ4v) is 1.41. The van der Waals surface area contributed by atoms with Crippen LogP contribution in [0.5, 0.6) is 0 Å². The predicted octanol–water partition coefficient (Wildman–Crippen LogP) is 2.41. The zero-order valence-corrected chi connectivity index (χ0v) is 9.21. The molecule has 0 fully saturated rings. The Labute approximate surface area is 95.5 Å². The molecule has 0 aliphatic carbocycles. The number of benzene rings is 1. The monoisotopic (exact) mass is 263 g/mol. The van der Waals surface area contributed by atoms with Crippen LogP contribution in [0.2, 0.25) is 0 Å². The van der Waals surface area contributed by atoms with E-state index in [0.717, 1.165) is 0 Å². The molecule has 0 aromatic heterocycles. The molecule has 1 rings (SSSR count). The molecule has 0 atom stereocenters. The summed E-state index contributed by atoms with van der Waals surface area (Å²) in [5, 5.41) is 17.0. The molecule has 3 nitrogen and oxygen atoms in total. The van der Waals surface area contributed by atoms with Gasteiger partial charge in [0.05, 0.1) is 18.1 Å². The number of carboxylic acids is 1. The number of hydrogen-bond acceptors (Lipinski definition) is 2. The van der Waals surface area contributed by atoms with Crippen molar-refractivity contribution in [2.75, 3.05) is 0 Å². The van der Waals surface area contributed by atoms with Gasteiger partial charge in [0.25, 0.3) is 0 Å². The molecular formula is C11H6BrNO2. The van der Waals surface area contributed by atoms with Crippen molar-refractivity contribution in [3.05, 3.63) is 33.8 Å². The Morgan fingerprint density at radius 1 is 1.53 bits per heavy atom. The second kappa shape index (κ2) is 5.19. The highest BCUT2D eigenvalue weighted by molar-refractivity contribution is 9.10. The number of halogens is 1. The quantitative estimate of drug-likeness (QED) is 0.792. The maximum Gasteiger partial charge on any atom is 0.335 e. The van der Waals surface area contributed by atoms with Gasteiger partial charge in [-0.3, -0.25) is 0 Å². The average molecular weight is 264 g/mol. The maximum atomic E-state index is 10.6. The Morgan fingerprint density at radius 3 is 2.80 bits per heavy atom. The molecule has 0 aliphatic rings. The maximum absolute atomic E-state index is 10.6. The van der Waals surface area contributed by atoms with Crippen LogP contribution in [-0.4, -0.2) is 11.1 Å². The zero-order chi connectivity index (χ0) is 11.3. The van der Waals surface area contributed by atoms with E-state index in [1.807, 2.05) is 6.07 Å². The molecule has 0 radical (unpaired) electrons. The van der Waals surface area contributed by atoms with Gasteiger partial charge >= 0.3 is 5.97 Å². The van der Waals surface area contributed by atoms with Crippen LogP contribution in [-0.2, 0) is 0 Å². The molecule has 0 heterocycles. The summed E-state index contributed by atoms with van der Waals surface area (Å²) >= 11 is 3.22. The van der Waals surface area contributed by atoms with Gasteiger partial charge in [0, 0.05) is 10.0 Å². The molecule has 0 spiro atoms. The van der Waals surface area contributed by atoms with Crippen molar-refractivity contribution in [3.63, 3.8) is 0 Å². The Kier molecular flexibility index (Phi) is 3.91. The normalized spacial score (nSPS) is 8.53. The lowest BCUT2D eigenvalue weighted by atomic mass is 10.1. The van der Waals surface area contributed by atoms with E-state index in [1.165, 1.54) is 12.1 Å². The first-order valence-electron chi connectivity index (χ1n) is 4.04. The predicted molar refractivity (Wildman–Crippen MR) is 58.2 cm³/mol. The standard InChI is InChI=1S/C11H6BrNO2/c12-10-7-9(11(14)15)5-4-8(10)3-1-2-6-13/h4-5,7H,2H2,(H,14,15). The minimum Gasteiger partial charge on any atom is -0.478 e. The zero-order valence-electron chi connectivity index (χ0n) is 7.62. The van der Waals surface area contributed by atoms with E-state index in [0.29, 0.717) is 10.0 Å². The second-order valence-corrected chi connectivity index (χ2v) is 3.49. The number of carbonyl (C=O) groups is 1. The first kappa shape index (κ1) is 11.3. The van der Waals surface area contributed by atoms with Crippen molar-refractivity contribution in [1.82, 2.24) is 0 Å².